The Hall–Kier alpha value is -1.44. The fourth-order valence-corrected chi connectivity index (χ4v) is 4.41. The second-order valence-electron chi connectivity index (χ2n) is 4.31. The average molecular weight is 315 g/mol. The van der Waals surface area contributed by atoms with Crippen molar-refractivity contribution in [1.82, 2.24) is 0 Å². The molecule has 1 heterocycles. The van der Waals surface area contributed by atoms with Crippen LogP contribution >= 0.6 is 11.3 Å². The van der Waals surface area contributed by atoms with Crippen LogP contribution in [0.25, 0.3) is 0 Å². The average Bonchev–Trinajstić information content (AvgIpc) is 2.77. The van der Waals surface area contributed by atoms with Crippen molar-refractivity contribution in [2.45, 2.75) is 25.3 Å². The topological polar surface area (TPSA) is 66.4 Å². The van der Waals surface area contributed by atoms with E-state index in [1.807, 2.05) is 0 Å². The number of hydrogen-bond acceptors (Lipinski definition) is 4. The highest BCUT2D eigenvalue weighted by atomic mass is 32.2. The van der Waals surface area contributed by atoms with Crippen molar-refractivity contribution in [2.24, 2.45) is 0 Å². The summed E-state index contributed by atoms with van der Waals surface area (Å²) in [4.78, 5) is 1.25. The van der Waals surface area contributed by atoms with Gasteiger partial charge in [0.1, 0.15) is 10.7 Å². The predicted octanol–water partition coefficient (Wildman–Crippen LogP) is 2.80. The number of rotatable bonds is 4. The van der Waals surface area contributed by atoms with Crippen LogP contribution in [0.3, 0.4) is 0 Å². The summed E-state index contributed by atoms with van der Waals surface area (Å²) in [5.74, 6) is -0.469. The van der Waals surface area contributed by atoms with E-state index in [9.17, 15) is 12.8 Å². The van der Waals surface area contributed by atoms with Gasteiger partial charge in [-0.05, 0) is 32.0 Å². The molecule has 2 N–H and O–H groups in total. The molecular weight excluding hydrogens is 301 g/mol. The van der Waals surface area contributed by atoms with Crippen LogP contribution in [-0.2, 0) is 16.6 Å². The fourth-order valence-electron chi connectivity index (χ4n) is 1.79. The highest BCUT2D eigenvalue weighted by Gasteiger charge is 2.21. The van der Waals surface area contributed by atoms with E-state index in [4.69, 9.17) is 5.11 Å². The van der Waals surface area contributed by atoms with Crippen molar-refractivity contribution in [3.8, 4) is 0 Å². The first-order valence-corrected chi connectivity index (χ1v) is 8.13. The molecule has 0 radical (unpaired) electrons. The maximum absolute atomic E-state index is 13.4. The number of hydrogen-bond donors (Lipinski definition) is 2. The molecule has 0 aliphatic rings. The van der Waals surface area contributed by atoms with Gasteiger partial charge in [0.05, 0.1) is 12.3 Å². The minimum Gasteiger partial charge on any atom is -0.391 e. The van der Waals surface area contributed by atoms with Crippen molar-refractivity contribution < 1.29 is 17.9 Å². The van der Waals surface area contributed by atoms with E-state index in [1.165, 1.54) is 42.5 Å². The third kappa shape index (κ3) is 2.84. The van der Waals surface area contributed by atoms with E-state index in [2.05, 4.69) is 4.72 Å². The molecule has 20 heavy (non-hydrogen) atoms. The van der Waals surface area contributed by atoms with Crippen LogP contribution < -0.4 is 4.72 Å². The normalized spacial score (nSPS) is 11.6. The number of nitrogens with one attached hydrogen (secondary N) is 1. The second kappa shape index (κ2) is 5.51. The number of benzene rings is 1. The van der Waals surface area contributed by atoms with Crippen LogP contribution in [0.4, 0.5) is 10.1 Å². The zero-order valence-corrected chi connectivity index (χ0v) is 12.6. The highest BCUT2D eigenvalue weighted by molar-refractivity contribution is 7.93. The molecule has 108 valence electrons. The van der Waals surface area contributed by atoms with Crippen LogP contribution in [-0.4, -0.2) is 13.5 Å². The third-order valence-corrected chi connectivity index (χ3v) is 5.54. The van der Waals surface area contributed by atoms with Gasteiger partial charge in [-0.25, -0.2) is 12.8 Å². The lowest BCUT2D eigenvalue weighted by Crippen LogP contribution is -2.14. The van der Waals surface area contributed by atoms with Crippen LogP contribution in [0, 0.1) is 19.7 Å². The maximum atomic E-state index is 13.4. The van der Waals surface area contributed by atoms with Crippen molar-refractivity contribution in [2.75, 3.05) is 4.72 Å². The van der Waals surface area contributed by atoms with Crippen LogP contribution in [0.5, 0.6) is 0 Å². The quantitative estimate of drug-likeness (QED) is 0.912. The Labute approximate surface area is 120 Å². The first-order valence-electron chi connectivity index (χ1n) is 5.83. The maximum Gasteiger partial charge on any atom is 0.263 e. The van der Waals surface area contributed by atoms with Gasteiger partial charge in [-0.2, -0.15) is 0 Å². The van der Waals surface area contributed by atoms with Gasteiger partial charge in [-0.1, -0.05) is 6.07 Å². The second-order valence-corrected chi connectivity index (χ2v) is 7.30. The minimum absolute atomic E-state index is 0.107. The summed E-state index contributed by atoms with van der Waals surface area (Å²) in [6.07, 6.45) is 0. The minimum atomic E-state index is -3.79. The summed E-state index contributed by atoms with van der Waals surface area (Å²) >= 11 is 1.22. The Bertz CT molecular complexity index is 738. The summed E-state index contributed by atoms with van der Waals surface area (Å²) in [5, 5.41) is 9.06. The van der Waals surface area contributed by atoms with Gasteiger partial charge in [0.2, 0.25) is 0 Å². The van der Waals surface area contributed by atoms with Gasteiger partial charge < -0.3 is 5.11 Å². The predicted molar refractivity (Wildman–Crippen MR) is 76.9 cm³/mol. The van der Waals surface area contributed by atoms with Gasteiger partial charge in [0.15, 0.2) is 0 Å². The Morgan fingerprint density at radius 1 is 1.35 bits per heavy atom. The molecule has 1 aromatic heterocycles. The number of thiophene rings is 1. The van der Waals surface area contributed by atoms with Crippen molar-refractivity contribution >= 4 is 27.0 Å². The van der Waals surface area contributed by atoms with Crippen LogP contribution in [0.15, 0.2) is 29.2 Å². The van der Waals surface area contributed by atoms with E-state index < -0.39 is 15.8 Å². The molecule has 0 spiro atoms. The zero-order valence-electron chi connectivity index (χ0n) is 11.0. The van der Waals surface area contributed by atoms with E-state index in [0.29, 0.717) is 9.75 Å². The summed E-state index contributed by atoms with van der Waals surface area (Å²) in [7, 11) is -3.79. The van der Waals surface area contributed by atoms with Gasteiger partial charge in [0, 0.05) is 15.3 Å². The fraction of sp³-hybridized carbons (Fsp3) is 0.231. The number of halogens is 1. The molecule has 0 atom stereocenters. The lowest BCUT2D eigenvalue weighted by atomic mass is 10.2. The zero-order chi connectivity index (χ0) is 14.9. The number of anilines is 1. The van der Waals surface area contributed by atoms with Crippen molar-refractivity contribution in [3.05, 3.63) is 45.4 Å². The Balaban J connectivity index is 2.40. The largest absolute Gasteiger partial charge is 0.391 e. The third-order valence-electron chi connectivity index (χ3n) is 2.88. The Morgan fingerprint density at radius 2 is 2.05 bits per heavy atom. The van der Waals surface area contributed by atoms with Crippen molar-refractivity contribution in [3.63, 3.8) is 0 Å². The summed E-state index contributed by atoms with van der Waals surface area (Å²) in [5.41, 5.74) is 0.451. The van der Waals surface area contributed by atoms with Crippen LogP contribution in [0.2, 0.25) is 0 Å². The molecule has 0 saturated carbocycles. The van der Waals surface area contributed by atoms with E-state index in [-0.39, 0.29) is 22.8 Å². The molecule has 0 aliphatic carbocycles. The lowest BCUT2D eigenvalue weighted by molar-refractivity contribution is 0.285. The lowest BCUT2D eigenvalue weighted by Gasteiger charge is -2.10. The monoisotopic (exact) mass is 315 g/mol. The molecule has 0 fully saturated rings. The SMILES string of the molecule is Cc1sc(CO)cc1S(=O)(=O)Nc1cccc(F)c1C. The molecule has 2 rings (SSSR count). The smallest absolute Gasteiger partial charge is 0.263 e. The number of sulfonamides is 1. The van der Waals surface area contributed by atoms with Gasteiger partial charge in [-0.3, -0.25) is 4.72 Å². The van der Waals surface area contributed by atoms with Gasteiger partial charge >= 0.3 is 0 Å². The summed E-state index contributed by atoms with van der Waals surface area (Å²) in [6.45, 7) is 2.96. The van der Waals surface area contributed by atoms with E-state index in [1.54, 1.807) is 6.92 Å². The van der Waals surface area contributed by atoms with Gasteiger partial charge in [-0.15, -0.1) is 11.3 Å². The molecule has 7 heteroatoms. The highest BCUT2D eigenvalue weighted by Crippen LogP contribution is 2.28. The first kappa shape index (κ1) is 15.0. The van der Waals surface area contributed by atoms with E-state index in [0.717, 1.165) is 0 Å². The molecular formula is C13H14FNO3S2. The molecule has 0 unspecified atom stereocenters. The number of aryl methyl sites for hydroxylation is 1. The molecule has 4 nitrogen and oxygen atoms in total. The molecule has 0 bridgehead atoms. The Kier molecular flexibility index (Phi) is 4.12. The van der Waals surface area contributed by atoms with Crippen LogP contribution in [0.1, 0.15) is 15.3 Å². The van der Waals surface area contributed by atoms with E-state index >= 15 is 0 Å². The standard InChI is InChI=1S/C13H14FNO3S2/c1-8-11(14)4-3-5-12(8)15-20(17,18)13-6-10(7-16)19-9(13)2/h3-6,15-16H,7H2,1-2H3. The summed E-state index contributed by atoms with van der Waals surface area (Å²) < 4.78 is 40.4. The number of aliphatic hydroxyl groups excluding tert-OH is 1. The molecule has 0 aliphatic heterocycles. The summed E-state index contributed by atoms with van der Waals surface area (Å²) in [6, 6.07) is 5.65. The molecule has 2 aromatic rings. The van der Waals surface area contributed by atoms with Crippen molar-refractivity contribution in [1.29, 1.82) is 0 Å². The molecule has 0 saturated heterocycles. The number of aliphatic hydroxyl groups is 1. The first-order chi connectivity index (χ1) is 9.35. The van der Waals surface area contributed by atoms with Gasteiger partial charge in [0.25, 0.3) is 10.0 Å². The molecule has 0 amide bonds. The Morgan fingerprint density at radius 3 is 2.65 bits per heavy atom. The molecule has 1 aromatic carbocycles.